The highest BCUT2D eigenvalue weighted by Gasteiger charge is 1.84. The van der Waals surface area contributed by atoms with Crippen LogP contribution in [0.2, 0.25) is 0 Å². The summed E-state index contributed by atoms with van der Waals surface area (Å²) < 4.78 is 0. The fourth-order valence-electron chi connectivity index (χ4n) is 0.676. The zero-order chi connectivity index (χ0) is 10.8. The Kier molecular flexibility index (Phi) is 7.59. The third kappa shape index (κ3) is 7.39. The van der Waals surface area contributed by atoms with E-state index < -0.39 is 0 Å². The molecule has 4 N–H and O–H groups in total. The van der Waals surface area contributed by atoms with Crippen molar-refractivity contribution in [1.82, 2.24) is 0 Å². The number of unbranched alkanes of at least 4 members (excludes halogenated alkanes) is 1. The number of hydrogen-bond acceptors (Lipinski definition) is 4. The van der Waals surface area contributed by atoms with Crippen LogP contribution in [0.5, 0.6) is 11.5 Å². The number of rotatable bonds is 3. The van der Waals surface area contributed by atoms with Crippen LogP contribution in [-0.4, -0.2) is 33.6 Å². The van der Waals surface area contributed by atoms with Crippen molar-refractivity contribution in [2.24, 2.45) is 0 Å². The third-order valence-corrected chi connectivity index (χ3v) is 1.42. The van der Waals surface area contributed by atoms with E-state index in [-0.39, 0.29) is 24.7 Å². The van der Waals surface area contributed by atoms with Gasteiger partial charge in [0.25, 0.3) is 0 Å². The van der Waals surface area contributed by atoms with Gasteiger partial charge in [0, 0.05) is 13.2 Å². The Hall–Kier alpha value is -1.26. The number of phenolic OH excluding ortho intramolecular Hbond substituents is 2. The van der Waals surface area contributed by atoms with E-state index in [0.717, 1.165) is 12.8 Å². The molecule has 0 aliphatic heterocycles. The van der Waals surface area contributed by atoms with E-state index in [1.807, 2.05) is 0 Å². The Bertz CT molecular complexity index is 195. The van der Waals surface area contributed by atoms with Crippen molar-refractivity contribution < 1.29 is 20.4 Å². The van der Waals surface area contributed by atoms with Gasteiger partial charge >= 0.3 is 0 Å². The van der Waals surface area contributed by atoms with Crippen molar-refractivity contribution in [2.75, 3.05) is 13.2 Å². The molecule has 0 atom stereocenters. The molecule has 0 unspecified atom stereocenters. The van der Waals surface area contributed by atoms with Crippen molar-refractivity contribution in [3.05, 3.63) is 24.3 Å². The molecule has 0 amide bonds. The Morgan fingerprint density at radius 3 is 1.21 bits per heavy atom. The summed E-state index contributed by atoms with van der Waals surface area (Å²) in [6, 6.07) is 5.70. The standard InChI is InChI=1S/C6H6O2.C4H10O2/c7-5-1-2-6(8)4-3-5;5-3-1-2-4-6/h1-4,7-8H;5-6H,1-4H2. The normalized spacial score (nSPS) is 9.00. The summed E-state index contributed by atoms with van der Waals surface area (Å²) in [6.07, 6.45) is 1.44. The largest absolute Gasteiger partial charge is 0.508 e. The number of phenols is 2. The average molecular weight is 200 g/mol. The first kappa shape index (κ1) is 12.7. The summed E-state index contributed by atoms with van der Waals surface area (Å²) >= 11 is 0. The molecule has 14 heavy (non-hydrogen) atoms. The van der Waals surface area contributed by atoms with Crippen LogP contribution >= 0.6 is 0 Å². The summed E-state index contributed by atoms with van der Waals surface area (Å²) in [5.74, 6) is 0.339. The maximum absolute atomic E-state index is 8.65. The molecule has 4 nitrogen and oxygen atoms in total. The number of aromatic hydroxyl groups is 2. The molecule has 1 aromatic carbocycles. The molecule has 0 aliphatic rings. The maximum atomic E-state index is 8.65. The van der Waals surface area contributed by atoms with E-state index in [4.69, 9.17) is 20.4 Å². The van der Waals surface area contributed by atoms with Gasteiger partial charge in [0.1, 0.15) is 11.5 Å². The molecule has 0 saturated carbocycles. The van der Waals surface area contributed by atoms with Crippen LogP contribution < -0.4 is 0 Å². The first-order valence-corrected chi connectivity index (χ1v) is 4.40. The minimum Gasteiger partial charge on any atom is -0.508 e. The lowest BCUT2D eigenvalue weighted by Gasteiger charge is -1.88. The molecule has 80 valence electrons. The van der Waals surface area contributed by atoms with Gasteiger partial charge in [-0.05, 0) is 37.1 Å². The molecule has 0 bridgehead atoms. The number of aliphatic hydroxyl groups is 2. The van der Waals surface area contributed by atoms with Gasteiger partial charge in [0.2, 0.25) is 0 Å². The summed E-state index contributed by atoms with van der Waals surface area (Å²) in [7, 11) is 0. The van der Waals surface area contributed by atoms with Gasteiger partial charge in [-0.3, -0.25) is 0 Å². The summed E-state index contributed by atoms with van der Waals surface area (Å²) in [5.41, 5.74) is 0. The van der Waals surface area contributed by atoms with Crippen molar-refractivity contribution in [2.45, 2.75) is 12.8 Å². The highest BCUT2D eigenvalue weighted by atomic mass is 16.3. The molecule has 4 heteroatoms. The van der Waals surface area contributed by atoms with Gasteiger partial charge in [0.15, 0.2) is 0 Å². The second kappa shape index (κ2) is 8.34. The minimum atomic E-state index is 0.169. The fourth-order valence-corrected chi connectivity index (χ4v) is 0.676. The molecule has 0 aliphatic carbocycles. The second-order valence-electron chi connectivity index (χ2n) is 2.67. The van der Waals surface area contributed by atoms with Crippen LogP contribution in [0.15, 0.2) is 24.3 Å². The summed E-state index contributed by atoms with van der Waals surface area (Å²) in [4.78, 5) is 0. The quantitative estimate of drug-likeness (QED) is 0.430. The Labute approximate surface area is 83.1 Å². The van der Waals surface area contributed by atoms with Gasteiger partial charge in [-0.1, -0.05) is 0 Å². The average Bonchev–Trinajstić information content (AvgIpc) is 2.20. The van der Waals surface area contributed by atoms with Gasteiger partial charge in [-0.25, -0.2) is 0 Å². The Morgan fingerprint density at radius 2 is 1.00 bits per heavy atom. The zero-order valence-corrected chi connectivity index (χ0v) is 7.93. The molecule has 1 rings (SSSR count). The highest BCUT2D eigenvalue weighted by Crippen LogP contribution is 2.13. The molecule has 0 heterocycles. The van der Waals surface area contributed by atoms with E-state index in [2.05, 4.69) is 0 Å². The van der Waals surface area contributed by atoms with E-state index in [0.29, 0.717) is 0 Å². The lowest BCUT2D eigenvalue weighted by atomic mass is 10.3. The van der Waals surface area contributed by atoms with E-state index in [1.54, 1.807) is 0 Å². The third-order valence-electron chi connectivity index (χ3n) is 1.42. The number of aliphatic hydroxyl groups excluding tert-OH is 2. The summed E-state index contributed by atoms with van der Waals surface area (Å²) in [5, 5.41) is 33.5. The van der Waals surface area contributed by atoms with Gasteiger partial charge in [-0.15, -0.1) is 0 Å². The van der Waals surface area contributed by atoms with E-state index >= 15 is 0 Å². The zero-order valence-electron chi connectivity index (χ0n) is 7.93. The Balaban J connectivity index is 0.000000255. The SMILES string of the molecule is OCCCCO.Oc1ccc(O)cc1. The van der Waals surface area contributed by atoms with Crippen molar-refractivity contribution in [3.63, 3.8) is 0 Å². The topological polar surface area (TPSA) is 80.9 Å². The lowest BCUT2D eigenvalue weighted by molar-refractivity contribution is 0.242. The predicted molar refractivity (Wildman–Crippen MR) is 53.2 cm³/mol. The minimum absolute atomic E-state index is 0.169. The molecule has 0 saturated heterocycles. The molecule has 0 radical (unpaired) electrons. The molecule has 1 aromatic rings. The van der Waals surface area contributed by atoms with Crippen molar-refractivity contribution >= 4 is 0 Å². The van der Waals surface area contributed by atoms with Gasteiger partial charge in [0.05, 0.1) is 0 Å². The second-order valence-corrected chi connectivity index (χ2v) is 2.67. The van der Waals surface area contributed by atoms with Crippen LogP contribution in [0.4, 0.5) is 0 Å². The lowest BCUT2D eigenvalue weighted by Crippen LogP contribution is -1.85. The smallest absolute Gasteiger partial charge is 0.115 e. The number of benzene rings is 1. The van der Waals surface area contributed by atoms with Crippen molar-refractivity contribution in [1.29, 1.82) is 0 Å². The molecule has 0 fully saturated rings. The highest BCUT2D eigenvalue weighted by molar-refractivity contribution is 5.28. The fraction of sp³-hybridized carbons (Fsp3) is 0.400. The molecular formula is C10H16O4. The first-order valence-electron chi connectivity index (χ1n) is 4.40. The van der Waals surface area contributed by atoms with Crippen LogP contribution in [0, 0.1) is 0 Å². The van der Waals surface area contributed by atoms with Crippen LogP contribution in [0.1, 0.15) is 12.8 Å². The molecule has 0 aromatic heterocycles. The maximum Gasteiger partial charge on any atom is 0.115 e. The molecular weight excluding hydrogens is 184 g/mol. The van der Waals surface area contributed by atoms with Gasteiger partial charge < -0.3 is 20.4 Å². The van der Waals surface area contributed by atoms with E-state index in [1.165, 1.54) is 24.3 Å². The van der Waals surface area contributed by atoms with Crippen LogP contribution in [0.3, 0.4) is 0 Å². The molecule has 0 spiro atoms. The first-order chi connectivity index (χ1) is 6.70. The summed E-state index contributed by atoms with van der Waals surface area (Å²) in [6.45, 7) is 0.390. The monoisotopic (exact) mass is 200 g/mol. The predicted octanol–water partition coefficient (Wildman–Crippen LogP) is 0.849. The Morgan fingerprint density at radius 1 is 0.714 bits per heavy atom. The van der Waals surface area contributed by atoms with Crippen molar-refractivity contribution in [3.8, 4) is 11.5 Å². The van der Waals surface area contributed by atoms with Gasteiger partial charge in [-0.2, -0.15) is 0 Å². The number of hydrogen-bond donors (Lipinski definition) is 4. The van der Waals surface area contributed by atoms with Crippen LogP contribution in [0.25, 0.3) is 0 Å². The van der Waals surface area contributed by atoms with Crippen LogP contribution in [-0.2, 0) is 0 Å². The van der Waals surface area contributed by atoms with E-state index in [9.17, 15) is 0 Å².